The highest BCUT2D eigenvalue weighted by Crippen LogP contribution is 2.42. The second-order valence-corrected chi connectivity index (χ2v) is 9.74. The molecule has 1 aliphatic heterocycles. The van der Waals surface area contributed by atoms with Gasteiger partial charge in [0.1, 0.15) is 11.8 Å². The van der Waals surface area contributed by atoms with Crippen molar-refractivity contribution < 1.29 is 4.74 Å². The highest BCUT2D eigenvalue weighted by molar-refractivity contribution is 9.10. The summed E-state index contributed by atoms with van der Waals surface area (Å²) in [6.07, 6.45) is 4.04. The van der Waals surface area contributed by atoms with Crippen molar-refractivity contribution in [1.82, 2.24) is 14.9 Å². The molecule has 0 aliphatic carbocycles. The average Bonchev–Trinajstić information content (AvgIpc) is 3.45. The average molecular weight is 533 g/mol. The molecule has 5 nitrogen and oxygen atoms in total. The Morgan fingerprint density at radius 1 is 0.941 bits per heavy atom. The largest absolute Gasteiger partial charge is 0.491 e. The number of ether oxygens (including phenoxy) is 1. The van der Waals surface area contributed by atoms with E-state index in [0.717, 1.165) is 33.0 Å². The molecule has 2 aromatic carbocycles. The minimum absolute atomic E-state index is 0.0992. The molecule has 5 rings (SSSR count). The lowest BCUT2D eigenvalue weighted by Crippen LogP contribution is -2.30. The minimum Gasteiger partial charge on any atom is -0.491 e. The zero-order valence-corrected chi connectivity index (χ0v) is 21.3. The molecular weight excluding hydrogens is 508 g/mol. The molecule has 172 valence electrons. The second-order valence-electron chi connectivity index (χ2n) is 8.44. The molecule has 0 spiro atoms. The van der Waals surface area contributed by atoms with Crippen LogP contribution in [0, 0.1) is 0 Å². The van der Waals surface area contributed by atoms with Gasteiger partial charge in [-0.25, -0.2) is 0 Å². The summed E-state index contributed by atoms with van der Waals surface area (Å²) in [6.45, 7) is 4.05. The lowest BCUT2D eigenvalue weighted by atomic mass is 10.0. The van der Waals surface area contributed by atoms with Crippen LogP contribution in [0.2, 0.25) is 0 Å². The Bertz CT molecular complexity index is 1270. The van der Waals surface area contributed by atoms with E-state index >= 15 is 0 Å². The van der Waals surface area contributed by atoms with Gasteiger partial charge in [0.2, 0.25) is 0 Å². The van der Waals surface area contributed by atoms with Gasteiger partial charge in [0.05, 0.1) is 17.8 Å². The predicted molar refractivity (Wildman–Crippen MR) is 144 cm³/mol. The number of hydrogen-bond acceptors (Lipinski definition) is 3. The smallest absolute Gasteiger partial charge is 0.174 e. The molecule has 0 radical (unpaired) electrons. The van der Waals surface area contributed by atoms with Crippen molar-refractivity contribution in [2.45, 2.75) is 32.0 Å². The van der Waals surface area contributed by atoms with Crippen molar-refractivity contribution >= 4 is 38.9 Å². The van der Waals surface area contributed by atoms with Crippen LogP contribution in [0.5, 0.6) is 5.75 Å². The number of halogens is 1. The van der Waals surface area contributed by atoms with Crippen molar-refractivity contribution in [3.63, 3.8) is 0 Å². The van der Waals surface area contributed by atoms with Crippen LogP contribution in [0.25, 0.3) is 5.69 Å². The van der Waals surface area contributed by atoms with Crippen LogP contribution >= 0.6 is 28.1 Å². The Labute approximate surface area is 213 Å². The summed E-state index contributed by atoms with van der Waals surface area (Å²) in [5, 5.41) is 4.20. The molecule has 1 saturated heterocycles. The number of nitrogens with zero attached hydrogens (tertiary/aromatic N) is 3. The van der Waals surface area contributed by atoms with Gasteiger partial charge in [0, 0.05) is 33.9 Å². The molecule has 2 aromatic heterocycles. The van der Waals surface area contributed by atoms with Gasteiger partial charge in [0.15, 0.2) is 5.11 Å². The first-order chi connectivity index (χ1) is 16.5. The molecule has 0 saturated carbocycles. The SMILES string of the molecule is CC(C)Oc1ccc(N2C(=S)NC(c3ccccn3)C2c2cccn2-c2ccc(Br)cc2)cc1. The van der Waals surface area contributed by atoms with E-state index in [1.165, 1.54) is 0 Å². The van der Waals surface area contributed by atoms with E-state index in [-0.39, 0.29) is 18.2 Å². The number of rotatable bonds is 6. The van der Waals surface area contributed by atoms with Crippen molar-refractivity contribution in [3.8, 4) is 11.4 Å². The summed E-state index contributed by atoms with van der Waals surface area (Å²) in [5.41, 5.74) is 4.15. The Morgan fingerprint density at radius 3 is 2.35 bits per heavy atom. The quantitative estimate of drug-likeness (QED) is 0.283. The monoisotopic (exact) mass is 532 g/mol. The van der Waals surface area contributed by atoms with Gasteiger partial charge in [-0.2, -0.15) is 0 Å². The first kappa shape index (κ1) is 22.6. The van der Waals surface area contributed by atoms with E-state index in [4.69, 9.17) is 17.0 Å². The maximum absolute atomic E-state index is 5.87. The third-order valence-electron chi connectivity index (χ3n) is 5.77. The Balaban J connectivity index is 1.60. The highest BCUT2D eigenvalue weighted by atomic mass is 79.9. The van der Waals surface area contributed by atoms with Gasteiger partial charge in [-0.15, -0.1) is 0 Å². The summed E-state index contributed by atoms with van der Waals surface area (Å²) in [7, 11) is 0. The normalized spacial score (nSPS) is 17.8. The number of anilines is 1. The summed E-state index contributed by atoms with van der Waals surface area (Å²) < 4.78 is 9.11. The number of nitrogens with one attached hydrogen (secondary N) is 1. The van der Waals surface area contributed by atoms with Gasteiger partial charge < -0.3 is 19.5 Å². The van der Waals surface area contributed by atoms with Crippen LogP contribution in [0.3, 0.4) is 0 Å². The van der Waals surface area contributed by atoms with Crippen molar-refractivity contribution in [2.24, 2.45) is 0 Å². The van der Waals surface area contributed by atoms with Gasteiger partial charge in [-0.1, -0.05) is 22.0 Å². The van der Waals surface area contributed by atoms with Crippen molar-refractivity contribution in [3.05, 3.63) is 107 Å². The molecular formula is C27H25BrN4OS. The van der Waals surface area contributed by atoms with Crippen LogP contribution in [-0.2, 0) is 0 Å². The number of benzene rings is 2. The summed E-state index contributed by atoms with van der Waals surface area (Å²) >= 11 is 9.41. The number of hydrogen-bond donors (Lipinski definition) is 1. The minimum atomic E-state index is -0.107. The van der Waals surface area contributed by atoms with E-state index in [0.29, 0.717) is 5.11 Å². The molecule has 34 heavy (non-hydrogen) atoms. The van der Waals surface area contributed by atoms with Crippen molar-refractivity contribution in [1.29, 1.82) is 0 Å². The van der Waals surface area contributed by atoms with E-state index in [1.807, 2.05) is 50.4 Å². The molecule has 7 heteroatoms. The van der Waals surface area contributed by atoms with Gasteiger partial charge in [-0.3, -0.25) is 4.98 Å². The summed E-state index contributed by atoms with van der Waals surface area (Å²) in [4.78, 5) is 6.84. The number of aromatic nitrogens is 2. The molecule has 1 N–H and O–H groups in total. The van der Waals surface area contributed by atoms with Crippen LogP contribution in [-0.4, -0.2) is 20.8 Å². The first-order valence-electron chi connectivity index (χ1n) is 11.2. The molecule has 0 amide bonds. The summed E-state index contributed by atoms with van der Waals surface area (Å²) in [6, 6.07) is 26.4. The zero-order chi connectivity index (χ0) is 23.7. The Morgan fingerprint density at radius 2 is 1.68 bits per heavy atom. The molecule has 1 aliphatic rings. The fourth-order valence-corrected chi connectivity index (χ4v) is 4.97. The van der Waals surface area contributed by atoms with Crippen LogP contribution in [0.1, 0.15) is 37.3 Å². The fraction of sp³-hybridized carbons (Fsp3) is 0.185. The topological polar surface area (TPSA) is 42.3 Å². The number of pyridine rings is 1. The third kappa shape index (κ3) is 4.45. The van der Waals surface area contributed by atoms with Gasteiger partial charge >= 0.3 is 0 Å². The zero-order valence-electron chi connectivity index (χ0n) is 18.9. The summed E-state index contributed by atoms with van der Waals surface area (Å²) in [5.74, 6) is 0.841. The van der Waals surface area contributed by atoms with Crippen LogP contribution < -0.4 is 15.0 Å². The number of thiocarbonyl (C=S) groups is 1. The highest BCUT2D eigenvalue weighted by Gasteiger charge is 2.42. The molecule has 3 heterocycles. The van der Waals surface area contributed by atoms with E-state index in [1.54, 1.807) is 0 Å². The standard InChI is InChI=1S/C27H25BrN4OS/c1-18(2)33-22-14-12-21(13-15-22)32-26(25(30-27(32)34)23-6-3-4-16-29-23)24-7-5-17-31(24)20-10-8-19(28)9-11-20/h3-18,25-26H,1-2H3,(H,30,34). The predicted octanol–water partition coefficient (Wildman–Crippen LogP) is 6.60. The fourth-order valence-electron chi connectivity index (χ4n) is 4.36. The van der Waals surface area contributed by atoms with Crippen molar-refractivity contribution in [2.75, 3.05) is 4.90 Å². The molecule has 2 atom stereocenters. The molecule has 0 bridgehead atoms. The van der Waals surface area contributed by atoms with Gasteiger partial charge in [0.25, 0.3) is 0 Å². The van der Waals surface area contributed by atoms with Crippen LogP contribution in [0.4, 0.5) is 5.69 Å². The molecule has 2 unspecified atom stereocenters. The van der Waals surface area contributed by atoms with E-state index < -0.39 is 0 Å². The first-order valence-corrected chi connectivity index (χ1v) is 12.4. The molecule has 1 fully saturated rings. The Hall–Kier alpha value is -3.16. The van der Waals surface area contributed by atoms with E-state index in [9.17, 15) is 0 Å². The lowest BCUT2D eigenvalue weighted by Gasteiger charge is -2.29. The maximum Gasteiger partial charge on any atom is 0.174 e. The maximum atomic E-state index is 5.87. The van der Waals surface area contributed by atoms with Crippen LogP contribution in [0.15, 0.2) is 95.7 Å². The third-order valence-corrected chi connectivity index (χ3v) is 6.62. The lowest BCUT2D eigenvalue weighted by molar-refractivity contribution is 0.242. The Kier molecular flexibility index (Phi) is 6.39. The van der Waals surface area contributed by atoms with E-state index in [2.05, 4.69) is 90.4 Å². The molecule has 4 aromatic rings. The second kappa shape index (κ2) is 9.60. The van der Waals surface area contributed by atoms with Gasteiger partial charge in [-0.05, 0) is 98.9 Å².